The largest absolute Gasteiger partial charge is 0.344 e. The maximum absolute atomic E-state index is 13.8. The van der Waals surface area contributed by atoms with Gasteiger partial charge in [-0.1, -0.05) is 86.5 Å². The van der Waals surface area contributed by atoms with Crippen molar-refractivity contribution < 1.29 is 9.59 Å². The summed E-state index contributed by atoms with van der Waals surface area (Å²) in [5.41, 5.74) is 3.47. The fraction of sp³-hybridized carbons (Fsp3) is 0.641. The van der Waals surface area contributed by atoms with Gasteiger partial charge in [0, 0.05) is 56.1 Å². The number of nitrogens with one attached hydrogen (secondary N) is 2. The van der Waals surface area contributed by atoms with Crippen molar-refractivity contribution in [1.29, 1.82) is 0 Å². The van der Waals surface area contributed by atoms with Crippen LogP contribution in [0.3, 0.4) is 0 Å². The number of piperazine rings is 1. The van der Waals surface area contributed by atoms with Crippen molar-refractivity contribution in [1.82, 2.24) is 25.3 Å². The standard InChI is InChI=1S/C33H45ClN4O2.C6H13N/c1-24(21-25-7-3-2-4-8-25)37-17-19-38(20-18-37)33(40)31(22-26-11-13-28(34)14-12-26)36-32(39)23-30-29-10-6-5-9-27(29)15-16-35-30;1-7-5-3-2-4-6-7/h5-6,9-14,24-25,30-31,35H,2-4,7-8,15-23H2,1H3,(H,36,39);2-6H2,1H3. The zero-order chi connectivity index (χ0) is 33.0. The number of hydrogen-bond donors (Lipinski definition) is 2. The summed E-state index contributed by atoms with van der Waals surface area (Å²) in [5, 5.41) is 7.29. The molecule has 7 nitrogen and oxygen atoms in total. The molecule has 2 aromatic rings. The van der Waals surface area contributed by atoms with Crippen molar-refractivity contribution >= 4 is 23.4 Å². The molecule has 2 amide bonds. The van der Waals surface area contributed by atoms with Gasteiger partial charge in [-0.05, 0) is 94.0 Å². The minimum Gasteiger partial charge on any atom is -0.344 e. The number of carbonyl (C=O) groups is 2. The highest BCUT2D eigenvalue weighted by Crippen LogP contribution is 2.29. The second kappa shape index (κ2) is 18.4. The zero-order valence-corrected chi connectivity index (χ0v) is 29.7. The summed E-state index contributed by atoms with van der Waals surface area (Å²) in [6.45, 7) is 9.05. The second-order valence-electron chi connectivity index (χ2n) is 14.4. The van der Waals surface area contributed by atoms with Crippen molar-refractivity contribution in [3.63, 3.8) is 0 Å². The Kier molecular flexibility index (Phi) is 14.0. The number of likely N-dealkylation sites (tertiary alicyclic amines) is 1. The normalized spacial score (nSPS) is 22.4. The molecule has 3 heterocycles. The van der Waals surface area contributed by atoms with Gasteiger partial charge in [-0.2, -0.15) is 0 Å². The first-order chi connectivity index (χ1) is 22.9. The first kappa shape index (κ1) is 35.8. The molecule has 2 N–H and O–H groups in total. The van der Waals surface area contributed by atoms with Gasteiger partial charge in [-0.25, -0.2) is 0 Å². The first-order valence-corrected chi connectivity index (χ1v) is 18.8. The highest BCUT2D eigenvalue weighted by Gasteiger charge is 2.32. The molecule has 258 valence electrons. The second-order valence-corrected chi connectivity index (χ2v) is 14.9. The first-order valence-electron chi connectivity index (χ1n) is 18.4. The topological polar surface area (TPSA) is 67.9 Å². The zero-order valence-electron chi connectivity index (χ0n) is 28.9. The molecule has 47 heavy (non-hydrogen) atoms. The summed E-state index contributed by atoms with van der Waals surface area (Å²) in [4.78, 5) is 34.1. The number of halogens is 1. The van der Waals surface area contributed by atoms with Crippen molar-refractivity contribution in [3.8, 4) is 0 Å². The molecule has 0 spiro atoms. The van der Waals surface area contributed by atoms with E-state index in [1.165, 1.54) is 82.0 Å². The third kappa shape index (κ3) is 11.0. The number of nitrogens with zero attached hydrogens (tertiary/aromatic N) is 3. The smallest absolute Gasteiger partial charge is 0.245 e. The summed E-state index contributed by atoms with van der Waals surface area (Å²) in [5.74, 6) is 0.772. The van der Waals surface area contributed by atoms with Crippen LogP contribution >= 0.6 is 11.6 Å². The summed E-state index contributed by atoms with van der Waals surface area (Å²) >= 11 is 6.11. The number of fused-ring (bicyclic) bond motifs is 1. The van der Waals surface area contributed by atoms with Crippen LogP contribution in [0.2, 0.25) is 5.02 Å². The Hall–Kier alpha value is -2.45. The van der Waals surface area contributed by atoms with Gasteiger partial charge in [-0.15, -0.1) is 0 Å². The van der Waals surface area contributed by atoms with E-state index in [1.807, 2.05) is 35.2 Å². The molecule has 1 saturated carbocycles. The SMILES string of the molecule is CC(CC1CCCCC1)N1CCN(C(=O)C(Cc2ccc(Cl)cc2)NC(=O)CC2NCCc3ccccc32)CC1.CN1CCCCC1. The number of rotatable bonds is 9. The predicted octanol–water partition coefficient (Wildman–Crippen LogP) is 6.25. The Morgan fingerprint density at radius 3 is 2.26 bits per heavy atom. The molecule has 3 atom stereocenters. The Bertz CT molecular complexity index is 1250. The maximum atomic E-state index is 13.8. The van der Waals surface area contributed by atoms with E-state index in [0.717, 1.165) is 37.5 Å². The number of piperidine rings is 1. The molecule has 3 fully saturated rings. The molecule has 2 saturated heterocycles. The van der Waals surface area contributed by atoms with Crippen LogP contribution < -0.4 is 10.6 Å². The Morgan fingerprint density at radius 1 is 0.894 bits per heavy atom. The lowest BCUT2D eigenvalue weighted by molar-refractivity contribution is -0.138. The molecule has 1 aliphatic carbocycles. The van der Waals surface area contributed by atoms with E-state index in [2.05, 4.69) is 52.6 Å². The van der Waals surface area contributed by atoms with Crippen molar-refractivity contribution in [2.24, 2.45) is 5.92 Å². The molecule has 6 rings (SSSR count). The van der Waals surface area contributed by atoms with Crippen LogP contribution in [-0.2, 0) is 22.4 Å². The van der Waals surface area contributed by atoms with E-state index >= 15 is 0 Å². The fourth-order valence-electron chi connectivity index (χ4n) is 7.98. The molecule has 3 aliphatic heterocycles. The molecule has 0 radical (unpaired) electrons. The van der Waals surface area contributed by atoms with Crippen molar-refractivity contribution in [2.75, 3.05) is 52.9 Å². The number of carbonyl (C=O) groups excluding carboxylic acids is 2. The Labute approximate surface area is 288 Å². The van der Waals surface area contributed by atoms with Gasteiger partial charge < -0.3 is 20.4 Å². The van der Waals surface area contributed by atoms with Gasteiger partial charge in [0.15, 0.2) is 0 Å². The predicted molar refractivity (Wildman–Crippen MR) is 193 cm³/mol. The van der Waals surface area contributed by atoms with E-state index in [9.17, 15) is 9.59 Å². The van der Waals surface area contributed by atoms with Gasteiger partial charge in [0.1, 0.15) is 6.04 Å². The summed E-state index contributed by atoms with van der Waals surface area (Å²) in [7, 11) is 2.19. The van der Waals surface area contributed by atoms with Crippen LogP contribution in [0.4, 0.5) is 0 Å². The van der Waals surface area contributed by atoms with Crippen LogP contribution in [-0.4, -0.2) is 91.5 Å². The average molecular weight is 664 g/mol. The van der Waals surface area contributed by atoms with Gasteiger partial charge in [0.25, 0.3) is 0 Å². The number of benzene rings is 2. The van der Waals surface area contributed by atoms with Crippen molar-refractivity contribution in [3.05, 3.63) is 70.2 Å². The van der Waals surface area contributed by atoms with Crippen LogP contribution in [0, 0.1) is 5.92 Å². The molecule has 0 aromatic heterocycles. The third-order valence-corrected chi connectivity index (χ3v) is 11.1. The average Bonchev–Trinajstić information content (AvgIpc) is 3.10. The molecule has 2 aromatic carbocycles. The number of hydrogen-bond acceptors (Lipinski definition) is 5. The molecule has 8 heteroatoms. The van der Waals surface area contributed by atoms with E-state index in [1.54, 1.807) is 0 Å². The van der Waals surface area contributed by atoms with Crippen molar-refractivity contribution in [2.45, 2.75) is 102 Å². The molecule has 0 bridgehead atoms. The minimum atomic E-state index is -0.598. The van der Waals surface area contributed by atoms with Crippen LogP contribution in [0.5, 0.6) is 0 Å². The monoisotopic (exact) mass is 663 g/mol. The Morgan fingerprint density at radius 2 is 1.57 bits per heavy atom. The fourth-order valence-corrected chi connectivity index (χ4v) is 8.11. The molecular formula is C39H58ClN5O2. The maximum Gasteiger partial charge on any atom is 0.245 e. The lowest BCUT2D eigenvalue weighted by Crippen LogP contribution is -2.57. The highest BCUT2D eigenvalue weighted by molar-refractivity contribution is 6.30. The highest BCUT2D eigenvalue weighted by atomic mass is 35.5. The van der Waals surface area contributed by atoms with Crippen LogP contribution in [0.25, 0.3) is 0 Å². The van der Waals surface area contributed by atoms with E-state index < -0.39 is 6.04 Å². The summed E-state index contributed by atoms with van der Waals surface area (Å²) in [6, 6.07) is 15.8. The number of amides is 2. The summed E-state index contributed by atoms with van der Waals surface area (Å²) in [6.07, 6.45) is 14.2. The minimum absolute atomic E-state index is 0.0138. The van der Waals surface area contributed by atoms with E-state index in [4.69, 9.17) is 11.6 Å². The third-order valence-electron chi connectivity index (χ3n) is 10.8. The lowest BCUT2D eigenvalue weighted by atomic mass is 9.85. The Balaban J connectivity index is 0.000000549. The van der Waals surface area contributed by atoms with Gasteiger partial charge >= 0.3 is 0 Å². The summed E-state index contributed by atoms with van der Waals surface area (Å²) < 4.78 is 0. The van der Waals surface area contributed by atoms with E-state index in [-0.39, 0.29) is 17.9 Å². The van der Waals surface area contributed by atoms with E-state index in [0.29, 0.717) is 37.0 Å². The van der Waals surface area contributed by atoms with Crippen LogP contribution in [0.15, 0.2) is 48.5 Å². The lowest BCUT2D eigenvalue weighted by Gasteiger charge is -2.40. The van der Waals surface area contributed by atoms with Gasteiger partial charge in [-0.3, -0.25) is 14.5 Å². The molecular weight excluding hydrogens is 606 g/mol. The quantitative estimate of drug-likeness (QED) is 0.332. The van der Waals surface area contributed by atoms with Gasteiger partial charge in [0.2, 0.25) is 11.8 Å². The molecule has 4 aliphatic rings. The molecule has 3 unspecified atom stereocenters. The van der Waals surface area contributed by atoms with Gasteiger partial charge in [0.05, 0.1) is 0 Å². The van der Waals surface area contributed by atoms with Crippen LogP contribution in [0.1, 0.15) is 93.9 Å².